The van der Waals surface area contributed by atoms with Crippen molar-refractivity contribution in [1.82, 2.24) is 0 Å². The summed E-state index contributed by atoms with van der Waals surface area (Å²) in [5, 5.41) is 0. The van der Waals surface area contributed by atoms with Crippen molar-refractivity contribution in [3.05, 3.63) is 29.3 Å². The maximum atomic E-state index is 13.8. The second-order valence-electron chi connectivity index (χ2n) is 5.52. The Hall–Kier alpha value is -1.21. The fourth-order valence-corrected chi connectivity index (χ4v) is 2.53. The highest BCUT2D eigenvalue weighted by Crippen LogP contribution is 2.27. The lowest BCUT2D eigenvalue weighted by atomic mass is 10.0. The smallest absolute Gasteiger partial charge is 0.264 e. The average molecular weight is 336 g/mol. The normalized spacial score (nSPS) is 11.9. The lowest BCUT2D eigenvalue weighted by molar-refractivity contribution is 0.275. The zero-order chi connectivity index (χ0) is 16.8. The number of unbranched alkanes of at least 4 members (excludes halogenated alkanes) is 3. The number of hydrogen-bond acceptors (Lipinski definition) is 3. The predicted octanol–water partition coefficient (Wildman–Crippen LogP) is 3.92. The fraction of sp³-hybridized carbons (Fsp3) is 0.600. The zero-order valence-electron chi connectivity index (χ0n) is 12.8. The molecule has 7 heteroatoms. The first-order chi connectivity index (χ1) is 10.2. The fourth-order valence-electron chi connectivity index (χ4n) is 1.97. The van der Waals surface area contributed by atoms with Gasteiger partial charge in [0.15, 0.2) is 17.4 Å². The number of benzene rings is 1. The molecule has 0 unspecified atom stereocenters. The van der Waals surface area contributed by atoms with E-state index in [9.17, 15) is 17.2 Å². The van der Waals surface area contributed by atoms with E-state index in [2.05, 4.69) is 0 Å². The van der Waals surface area contributed by atoms with Gasteiger partial charge in [0.2, 0.25) is 0 Å². The van der Waals surface area contributed by atoms with Crippen LogP contribution in [0.2, 0.25) is 0 Å². The minimum absolute atomic E-state index is 0.0286. The molecule has 0 saturated carbocycles. The van der Waals surface area contributed by atoms with E-state index in [1.165, 1.54) is 12.1 Å². The Morgan fingerprint density at radius 1 is 1.09 bits per heavy atom. The van der Waals surface area contributed by atoms with Crippen LogP contribution in [0.5, 0.6) is 5.75 Å². The molecule has 0 bridgehead atoms. The summed E-state index contributed by atoms with van der Waals surface area (Å²) in [7, 11) is -3.91. The van der Waals surface area contributed by atoms with Crippen LogP contribution in [0.4, 0.5) is 8.78 Å². The van der Waals surface area contributed by atoms with Crippen LogP contribution in [0.15, 0.2) is 12.1 Å². The standard InChI is InChI=1S/C15H22F2O4S/c1-11(2)12-9-13(16)15(14(17)10-12)21-7-5-3-4-6-8-22(18,19)20/h9-11H,3-8H2,1-2H3,(H,18,19,20). The van der Waals surface area contributed by atoms with Crippen molar-refractivity contribution in [2.75, 3.05) is 12.4 Å². The Kier molecular flexibility index (Phi) is 7.22. The van der Waals surface area contributed by atoms with Crippen molar-refractivity contribution in [2.24, 2.45) is 0 Å². The van der Waals surface area contributed by atoms with Crippen LogP contribution >= 0.6 is 0 Å². The van der Waals surface area contributed by atoms with Gasteiger partial charge in [-0.05, 0) is 36.5 Å². The van der Waals surface area contributed by atoms with Crippen molar-refractivity contribution >= 4 is 10.1 Å². The number of halogens is 2. The SMILES string of the molecule is CC(C)c1cc(F)c(OCCCCCCS(=O)(=O)O)c(F)c1. The van der Waals surface area contributed by atoms with Gasteiger partial charge < -0.3 is 4.74 Å². The molecule has 4 nitrogen and oxygen atoms in total. The molecule has 1 N–H and O–H groups in total. The topological polar surface area (TPSA) is 63.6 Å². The van der Waals surface area contributed by atoms with Crippen LogP contribution in [0.25, 0.3) is 0 Å². The van der Waals surface area contributed by atoms with Crippen molar-refractivity contribution in [2.45, 2.75) is 45.4 Å². The van der Waals surface area contributed by atoms with Crippen LogP contribution in [0, 0.1) is 11.6 Å². The van der Waals surface area contributed by atoms with Crippen LogP contribution in [-0.4, -0.2) is 25.3 Å². The molecule has 0 amide bonds. The van der Waals surface area contributed by atoms with Gasteiger partial charge in [-0.15, -0.1) is 0 Å². The van der Waals surface area contributed by atoms with Gasteiger partial charge >= 0.3 is 0 Å². The molecule has 1 rings (SSSR count). The minimum Gasteiger partial charge on any atom is -0.488 e. The van der Waals surface area contributed by atoms with Gasteiger partial charge in [0.25, 0.3) is 10.1 Å². The first-order valence-corrected chi connectivity index (χ1v) is 8.88. The molecule has 0 aliphatic rings. The average Bonchev–Trinajstić information content (AvgIpc) is 2.38. The van der Waals surface area contributed by atoms with E-state index in [-0.39, 0.29) is 24.0 Å². The molecule has 0 aliphatic carbocycles. The molecular weight excluding hydrogens is 314 g/mol. The second-order valence-corrected chi connectivity index (χ2v) is 7.09. The van der Waals surface area contributed by atoms with Crippen molar-refractivity contribution in [3.8, 4) is 5.75 Å². The van der Waals surface area contributed by atoms with Crippen LogP contribution in [0.1, 0.15) is 51.0 Å². The maximum absolute atomic E-state index is 13.8. The first kappa shape index (κ1) is 18.8. The Morgan fingerprint density at radius 3 is 2.14 bits per heavy atom. The third-order valence-electron chi connectivity index (χ3n) is 3.23. The molecule has 0 atom stereocenters. The Morgan fingerprint density at radius 2 is 1.64 bits per heavy atom. The maximum Gasteiger partial charge on any atom is 0.264 e. The zero-order valence-corrected chi connectivity index (χ0v) is 13.6. The molecule has 0 aliphatic heterocycles. The highest BCUT2D eigenvalue weighted by molar-refractivity contribution is 7.85. The molecule has 0 aromatic heterocycles. The Balaban J connectivity index is 2.37. The van der Waals surface area contributed by atoms with Gasteiger partial charge in [-0.25, -0.2) is 8.78 Å². The van der Waals surface area contributed by atoms with E-state index in [1.54, 1.807) is 0 Å². The van der Waals surface area contributed by atoms with E-state index in [0.717, 1.165) is 0 Å². The summed E-state index contributed by atoms with van der Waals surface area (Å²) < 4.78 is 62.2. The summed E-state index contributed by atoms with van der Waals surface area (Å²) in [4.78, 5) is 0. The number of rotatable bonds is 9. The number of ether oxygens (including phenoxy) is 1. The summed E-state index contributed by atoms with van der Waals surface area (Å²) in [5.74, 6) is -2.04. The Bertz CT molecular complexity index is 562. The Labute approximate surface area is 130 Å². The van der Waals surface area contributed by atoms with Crippen LogP contribution in [-0.2, 0) is 10.1 Å². The van der Waals surface area contributed by atoms with E-state index >= 15 is 0 Å². The van der Waals surface area contributed by atoms with E-state index in [4.69, 9.17) is 9.29 Å². The molecular formula is C15H22F2O4S. The molecule has 1 aromatic carbocycles. The summed E-state index contributed by atoms with van der Waals surface area (Å²) >= 11 is 0. The predicted molar refractivity (Wildman–Crippen MR) is 80.8 cm³/mol. The molecule has 0 radical (unpaired) electrons. The lowest BCUT2D eigenvalue weighted by Crippen LogP contribution is -2.05. The second kappa shape index (κ2) is 8.43. The van der Waals surface area contributed by atoms with Gasteiger partial charge in [-0.1, -0.05) is 26.7 Å². The van der Waals surface area contributed by atoms with Crippen LogP contribution < -0.4 is 4.74 Å². The summed E-state index contributed by atoms with van der Waals surface area (Å²) in [5.41, 5.74) is 0.576. The molecule has 0 heterocycles. The lowest BCUT2D eigenvalue weighted by Gasteiger charge is -2.11. The quantitative estimate of drug-likeness (QED) is 0.548. The summed E-state index contributed by atoms with van der Waals surface area (Å²) in [6.45, 7) is 3.85. The molecule has 0 saturated heterocycles. The van der Waals surface area contributed by atoms with E-state index in [0.29, 0.717) is 31.2 Å². The van der Waals surface area contributed by atoms with Gasteiger partial charge in [0.05, 0.1) is 12.4 Å². The summed E-state index contributed by atoms with van der Waals surface area (Å²) in [6.07, 6.45) is 2.16. The van der Waals surface area contributed by atoms with Crippen molar-refractivity contribution in [3.63, 3.8) is 0 Å². The molecule has 1 aromatic rings. The molecule has 126 valence electrons. The number of hydrogen-bond donors (Lipinski definition) is 1. The molecule has 22 heavy (non-hydrogen) atoms. The monoisotopic (exact) mass is 336 g/mol. The van der Waals surface area contributed by atoms with Gasteiger partial charge in [-0.2, -0.15) is 8.42 Å². The summed E-state index contributed by atoms with van der Waals surface area (Å²) in [6, 6.07) is 2.55. The largest absolute Gasteiger partial charge is 0.488 e. The molecule has 0 spiro atoms. The highest BCUT2D eigenvalue weighted by atomic mass is 32.2. The van der Waals surface area contributed by atoms with Crippen molar-refractivity contribution in [1.29, 1.82) is 0 Å². The van der Waals surface area contributed by atoms with Crippen LogP contribution in [0.3, 0.4) is 0 Å². The third-order valence-corrected chi connectivity index (χ3v) is 4.03. The molecule has 0 fully saturated rings. The third kappa shape index (κ3) is 6.70. The van der Waals surface area contributed by atoms with Crippen molar-refractivity contribution < 1.29 is 26.5 Å². The van der Waals surface area contributed by atoms with Gasteiger partial charge in [0.1, 0.15) is 0 Å². The van der Waals surface area contributed by atoms with E-state index in [1.807, 2.05) is 13.8 Å². The van der Waals surface area contributed by atoms with Gasteiger partial charge in [0, 0.05) is 0 Å². The van der Waals surface area contributed by atoms with E-state index < -0.39 is 21.8 Å². The first-order valence-electron chi connectivity index (χ1n) is 7.27. The minimum atomic E-state index is -3.91. The highest BCUT2D eigenvalue weighted by Gasteiger charge is 2.14. The van der Waals surface area contributed by atoms with Gasteiger partial charge in [-0.3, -0.25) is 4.55 Å².